The van der Waals surface area contributed by atoms with Crippen LogP contribution in [0, 0.1) is 0 Å². The van der Waals surface area contributed by atoms with Gasteiger partial charge in [-0.3, -0.25) is 14.5 Å². The first kappa shape index (κ1) is 13.6. The van der Waals surface area contributed by atoms with Gasteiger partial charge in [0.05, 0.1) is 11.4 Å². The molecule has 4 rings (SSSR count). The summed E-state index contributed by atoms with van der Waals surface area (Å²) in [4.78, 5) is 26.1. The maximum absolute atomic E-state index is 12.8. The summed E-state index contributed by atoms with van der Waals surface area (Å²) in [6.45, 7) is 0.0908. The van der Waals surface area contributed by atoms with Crippen molar-refractivity contribution >= 4 is 23.2 Å². The topological polar surface area (TPSA) is 67.9 Å². The molecule has 1 atom stereocenters. The van der Waals surface area contributed by atoms with Crippen LogP contribution >= 0.6 is 0 Å². The lowest BCUT2D eigenvalue weighted by molar-refractivity contribution is -0.129. The first-order valence-electron chi connectivity index (χ1n) is 7.31. The molecule has 0 saturated carbocycles. The predicted octanol–water partition coefficient (Wildman–Crippen LogP) is 1.81. The molecule has 6 heteroatoms. The van der Waals surface area contributed by atoms with Crippen molar-refractivity contribution in [1.82, 2.24) is 0 Å². The minimum Gasteiger partial charge on any atom is -0.485 e. The Bertz CT molecular complexity index is 790. The van der Waals surface area contributed by atoms with Crippen LogP contribution in [-0.4, -0.2) is 31.1 Å². The highest BCUT2D eigenvalue weighted by molar-refractivity contribution is 6.11. The second-order valence-corrected chi connectivity index (χ2v) is 5.35. The smallest absolute Gasteiger partial charge is 0.272 e. The number of carbonyl (C=O) groups is 2. The number of nitrogens with one attached hydrogen (secondary N) is 1. The second kappa shape index (κ2) is 5.31. The third-order valence-electron chi connectivity index (χ3n) is 3.82. The zero-order chi connectivity index (χ0) is 15.8. The molecule has 0 aromatic heterocycles. The fourth-order valence-electron chi connectivity index (χ4n) is 2.74. The zero-order valence-electron chi connectivity index (χ0n) is 12.2. The molecule has 2 aliphatic rings. The highest BCUT2D eigenvalue weighted by Crippen LogP contribution is 2.33. The Labute approximate surface area is 132 Å². The minimum absolute atomic E-state index is 0.0304. The average molecular weight is 310 g/mol. The molecule has 2 aromatic rings. The molecule has 0 radical (unpaired) electrons. The molecule has 2 amide bonds. The van der Waals surface area contributed by atoms with Crippen LogP contribution in [0.15, 0.2) is 48.5 Å². The second-order valence-electron chi connectivity index (χ2n) is 5.35. The van der Waals surface area contributed by atoms with E-state index in [1.807, 2.05) is 24.3 Å². The van der Waals surface area contributed by atoms with Crippen LogP contribution in [0.25, 0.3) is 0 Å². The van der Waals surface area contributed by atoms with E-state index >= 15 is 0 Å². The number of hydrogen-bond donors (Lipinski definition) is 1. The number of benzene rings is 2. The van der Waals surface area contributed by atoms with E-state index in [2.05, 4.69) is 5.32 Å². The summed E-state index contributed by atoms with van der Waals surface area (Å²) in [6, 6.07) is 14.4. The molecule has 2 aromatic carbocycles. The van der Waals surface area contributed by atoms with Crippen molar-refractivity contribution in [3.8, 4) is 11.5 Å². The van der Waals surface area contributed by atoms with Crippen molar-refractivity contribution in [2.24, 2.45) is 0 Å². The van der Waals surface area contributed by atoms with Crippen LogP contribution in [0.3, 0.4) is 0 Å². The van der Waals surface area contributed by atoms with Gasteiger partial charge in [-0.05, 0) is 24.3 Å². The van der Waals surface area contributed by atoms with E-state index in [1.54, 1.807) is 24.3 Å². The highest BCUT2D eigenvalue weighted by Gasteiger charge is 2.35. The van der Waals surface area contributed by atoms with Crippen LogP contribution in [-0.2, 0) is 9.59 Å². The summed E-state index contributed by atoms with van der Waals surface area (Å²) in [5, 5.41) is 2.76. The number of rotatable bonds is 1. The molecular weight excluding hydrogens is 296 g/mol. The molecule has 116 valence electrons. The molecule has 2 heterocycles. The number of nitrogens with zero attached hydrogens (tertiary/aromatic N) is 1. The van der Waals surface area contributed by atoms with E-state index in [4.69, 9.17) is 9.47 Å². The molecule has 0 unspecified atom stereocenters. The van der Waals surface area contributed by atoms with Crippen LogP contribution in [0.4, 0.5) is 11.4 Å². The average Bonchev–Trinajstić information content (AvgIpc) is 2.60. The SMILES string of the molecule is O=C1CN(C(=O)[C@@H]2COc3ccccc3O2)c2ccccc2N1. The molecule has 6 nitrogen and oxygen atoms in total. The van der Waals surface area contributed by atoms with Crippen LogP contribution < -0.4 is 19.7 Å². The summed E-state index contributed by atoms with van der Waals surface area (Å²) in [7, 11) is 0. The normalized spacial score (nSPS) is 18.9. The minimum atomic E-state index is -0.774. The summed E-state index contributed by atoms with van der Waals surface area (Å²) in [5.41, 5.74) is 1.29. The molecule has 0 fully saturated rings. The van der Waals surface area contributed by atoms with Gasteiger partial charge in [-0.2, -0.15) is 0 Å². The van der Waals surface area contributed by atoms with E-state index in [-0.39, 0.29) is 25.0 Å². The molecule has 23 heavy (non-hydrogen) atoms. The van der Waals surface area contributed by atoms with Crippen molar-refractivity contribution in [2.45, 2.75) is 6.10 Å². The lowest BCUT2D eigenvalue weighted by atomic mass is 10.1. The number of anilines is 2. The Morgan fingerprint density at radius 2 is 1.83 bits per heavy atom. The Balaban J connectivity index is 1.62. The Morgan fingerprint density at radius 1 is 1.09 bits per heavy atom. The zero-order valence-corrected chi connectivity index (χ0v) is 12.2. The summed E-state index contributed by atoms with van der Waals surface area (Å²) in [5.74, 6) is 0.635. The van der Waals surface area contributed by atoms with Crippen molar-refractivity contribution in [1.29, 1.82) is 0 Å². The van der Waals surface area contributed by atoms with E-state index in [0.717, 1.165) is 0 Å². The maximum Gasteiger partial charge on any atom is 0.272 e. The van der Waals surface area contributed by atoms with Gasteiger partial charge in [-0.15, -0.1) is 0 Å². The van der Waals surface area contributed by atoms with Gasteiger partial charge in [0.1, 0.15) is 13.2 Å². The molecule has 0 spiro atoms. The summed E-state index contributed by atoms with van der Waals surface area (Å²) in [6.07, 6.45) is -0.774. The van der Waals surface area contributed by atoms with Gasteiger partial charge in [0.15, 0.2) is 11.5 Å². The van der Waals surface area contributed by atoms with Crippen LogP contribution in [0.5, 0.6) is 11.5 Å². The van der Waals surface area contributed by atoms with Gasteiger partial charge in [0.2, 0.25) is 12.0 Å². The summed E-state index contributed by atoms with van der Waals surface area (Å²) >= 11 is 0. The van der Waals surface area contributed by atoms with Gasteiger partial charge >= 0.3 is 0 Å². The number of fused-ring (bicyclic) bond motifs is 2. The quantitative estimate of drug-likeness (QED) is 0.872. The van der Waals surface area contributed by atoms with Crippen LogP contribution in [0.2, 0.25) is 0 Å². The van der Waals surface area contributed by atoms with E-state index in [0.29, 0.717) is 22.9 Å². The third kappa shape index (κ3) is 2.38. The van der Waals surface area contributed by atoms with Gasteiger partial charge < -0.3 is 14.8 Å². The Kier molecular flexibility index (Phi) is 3.15. The lowest BCUT2D eigenvalue weighted by Gasteiger charge is -2.33. The highest BCUT2D eigenvalue weighted by atomic mass is 16.6. The van der Waals surface area contributed by atoms with Gasteiger partial charge in [0, 0.05) is 0 Å². The lowest BCUT2D eigenvalue weighted by Crippen LogP contribution is -2.50. The van der Waals surface area contributed by atoms with E-state index in [1.165, 1.54) is 4.90 Å². The maximum atomic E-state index is 12.8. The van der Waals surface area contributed by atoms with Crippen LogP contribution in [0.1, 0.15) is 0 Å². The van der Waals surface area contributed by atoms with Gasteiger partial charge in [0.25, 0.3) is 5.91 Å². The Morgan fingerprint density at radius 3 is 2.70 bits per heavy atom. The number of ether oxygens (including phenoxy) is 2. The fourth-order valence-corrected chi connectivity index (χ4v) is 2.74. The first-order chi connectivity index (χ1) is 11.2. The van der Waals surface area contributed by atoms with Crippen molar-refractivity contribution in [2.75, 3.05) is 23.4 Å². The number of para-hydroxylation sites is 4. The third-order valence-corrected chi connectivity index (χ3v) is 3.82. The Hall–Kier alpha value is -3.02. The van der Waals surface area contributed by atoms with Crippen molar-refractivity contribution in [3.63, 3.8) is 0 Å². The van der Waals surface area contributed by atoms with Crippen molar-refractivity contribution < 1.29 is 19.1 Å². The number of hydrogen-bond acceptors (Lipinski definition) is 4. The first-order valence-corrected chi connectivity index (χ1v) is 7.31. The molecule has 2 aliphatic heterocycles. The fraction of sp³-hybridized carbons (Fsp3) is 0.176. The molecule has 0 aliphatic carbocycles. The molecule has 1 N–H and O–H groups in total. The molecule has 0 saturated heterocycles. The van der Waals surface area contributed by atoms with Gasteiger partial charge in [-0.1, -0.05) is 24.3 Å². The number of amides is 2. The van der Waals surface area contributed by atoms with E-state index < -0.39 is 6.10 Å². The summed E-state index contributed by atoms with van der Waals surface area (Å²) < 4.78 is 11.3. The van der Waals surface area contributed by atoms with Gasteiger partial charge in [-0.25, -0.2) is 0 Å². The number of carbonyl (C=O) groups excluding carboxylic acids is 2. The largest absolute Gasteiger partial charge is 0.485 e. The monoisotopic (exact) mass is 310 g/mol. The predicted molar refractivity (Wildman–Crippen MR) is 83.8 cm³/mol. The molecular formula is C17H14N2O4. The molecule has 0 bridgehead atoms. The van der Waals surface area contributed by atoms with Crippen molar-refractivity contribution in [3.05, 3.63) is 48.5 Å². The standard InChI is InChI=1S/C17H14N2O4/c20-16-9-19(12-6-2-1-5-11(12)18-16)17(21)15-10-22-13-7-3-4-8-14(13)23-15/h1-8,15H,9-10H2,(H,18,20)/t15-/m0/s1. The van der Waals surface area contributed by atoms with E-state index in [9.17, 15) is 9.59 Å².